The normalized spacial score (nSPS) is 34.5. The van der Waals surface area contributed by atoms with E-state index in [1.54, 1.807) is 0 Å². The van der Waals surface area contributed by atoms with Gasteiger partial charge in [0.1, 0.15) is 6.04 Å². The van der Waals surface area contributed by atoms with Gasteiger partial charge in [-0.1, -0.05) is 6.42 Å². The highest BCUT2D eigenvalue weighted by atomic mass is 35.5. The van der Waals surface area contributed by atoms with E-state index >= 15 is 0 Å². The van der Waals surface area contributed by atoms with E-state index in [1.807, 2.05) is 6.92 Å². The zero-order chi connectivity index (χ0) is 10.4. The SMILES string of the molecule is CC1=[N+]2C(=CC2C2CCCCN2)N=C1Cl. The van der Waals surface area contributed by atoms with Gasteiger partial charge in [-0.15, -0.1) is 0 Å². The molecule has 2 atom stereocenters. The van der Waals surface area contributed by atoms with Gasteiger partial charge >= 0.3 is 5.82 Å². The lowest BCUT2D eigenvalue weighted by atomic mass is 9.94. The number of nitrogens with zero attached hydrogens (tertiary/aromatic N) is 2. The molecule has 3 aliphatic rings. The summed E-state index contributed by atoms with van der Waals surface area (Å²) in [6, 6.07) is 1.05. The highest BCUT2D eigenvalue weighted by Gasteiger charge is 2.45. The lowest BCUT2D eigenvalue weighted by Gasteiger charge is -2.32. The van der Waals surface area contributed by atoms with E-state index in [9.17, 15) is 0 Å². The number of hydrogen-bond acceptors (Lipinski definition) is 2. The van der Waals surface area contributed by atoms with Gasteiger partial charge in [0.15, 0.2) is 5.71 Å². The quantitative estimate of drug-likeness (QED) is 0.672. The molecule has 0 bridgehead atoms. The van der Waals surface area contributed by atoms with Crippen LogP contribution in [0, 0.1) is 0 Å². The number of nitrogens with one attached hydrogen (secondary N) is 1. The molecule has 0 amide bonds. The highest BCUT2D eigenvalue weighted by Crippen LogP contribution is 2.29. The summed E-state index contributed by atoms with van der Waals surface area (Å²) in [5.41, 5.74) is 1.10. The summed E-state index contributed by atoms with van der Waals surface area (Å²) in [5.74, 6) is 1.04. The molecule has 0 aromatic heterocycles. The van der Waals surface area contributed by atoms with E-state index in [0.717, 1.165) is 18.1 Å². The number of rotatable bonds is 1. The maximum absolute atomic E-state index is 6.01. The second kappa shape index (κ2) is 3.42. The Kier molecular flexibility index (Phi) is 2.18. The summed E-state index contributed by atoms with van der Waals surface area (Å²) in [7, 11) is 0. The van der Waals surface area contributed by atoms with Gasteiger partial charge in [-0.3, -0.25) is 0 Å². The molecule has 4 heteroatoms. The van der Waals surface area contributed by atoms with E-state index in [1.165, 1.54) is 19.3 Å². The minimum absolute atomic E-state index is 0.472. The summed E-state index contributed by atoms with van der Waals surface area (Å²) in [6.45, 7) is 3.19. The standard InChI is InChI=1S/C11H15ClN3/c1-7-11(12)14-10-6-9(15(7)10)8-4-2-3-5-13-8/h6,8-9,13H,2-5H2,1H3/q+1. The molecule has 3 aliphatic heterocycles. The number of halogens is 1. The molecule has 0 radical (unpaired) electrons. The third-order valence-electron chi connectivity index (χ3n) is 3.50. The van der Waals surface area contributed by atoms with Crippen LogP contribution < -0.4 is 5.32 Å². The average molecular weight is 225 g/mol. The van der Waals surface area contributed by atoms with Crippen LogP contribution in [0.3, 0.4) is 0 Å². The van der Waals surface area contributed by atoms with Gasteiger partial charge in [-0.2, -0.15) is 0 Å². The summed E-state index contributed by atoms with van der Waals surface area (Å²) in [5, 5.41) is 4.23. The van der Waals surface area contributed by atoms with Crippen LogP contribution in [0.15, 0.2) is 16.9 Å². The molecule has 2 unspecified atom stereocenters. The predicted molar refractivity (Wildman–Crippen MR) is 61.7 cm³/mol. The molecule has 0 aliphatic carbocycles. The lowest BCUT2D eigenvalue weighted by Crippen LogP contribution is -2.51. The van der Waals surface area contributed by atoms with Gasteiger partial charge in [-0.05, 0) is 36.0 Å². The maximum atomic E-state index is 6.01. The smallest absolute Gasteiger partial charge is 0.310 e. The third kappa shape index (κ3) is 1.37. The van der Waals surface area contributed by atoms with Crippen LogP contribution in [0.1, 0.15) is 26.2 Å². The van der Waals surface area contributed by atoms with Gasteiger partial charge < -0.3 is 5.32 Å². The molecule has 0 aromatic rings. The van der Waals surface area contributed by atoms with Crippen LogP contribution in [-0.2, 0) is 0 Å². The Morgan fingerprint density at radius 1 is 1.53 bits per heavy atom. The minimum atomic E-state index is 0.472. The molecule has 3 rings (SSSR count). The summed E-state index contributed by atoms with van der Waals surface area (Å²) >= 11 is 6.01. The van der Waals surface area contributed by atoms with Crippen LogP contribution in [0.5, 0.6) is 0 Å². The van der Waals surface area contributed by atoms with Gasteiger partial charge in [0.25, 0.3) is 5.17 Å². The molecule has 3 heterocycles. The van der Waals surface area contributed by atoms with Crippen molar-refractivity contribution >= 4 is 22.5 Å². The molecule has 0 saturated carbocycles. The van der Waals surface area contributed by atoms with E-state index in [2.05, 4.69) is 21.0 Å². The first-order valence-corrected chi connectivity index (χ1v) is 5.98. The Balaban J connectivity index is 1.83. The van der Waals surface area contributed by atoms with Gasteiger partial charge in [0, 0.05) is 6.92 Å². The topological polar surface area (TPSA) is 27.4 Å². The zero-order valence-electron chi connectivity index (χ0n) is 8.83. The Hall–Kier alpha value is -0.670. The average Bonchev–Trinajstić information content (AvgIpc) is 2.43. The van der Waals surface area contributed by atoms with Gasteiger partial charge in [0.05, 0.1) is 12.1 Å². The Labute approximate surface area is 94.5 Å². The minimum Gasteiger partial charge on any atom is -0.310 e. The summed E-state index contributed by atoms with van der Waals surface area (Å²) < 4.78 is 2.26. The van der Waals surface area contributed by atoms with Gasteiger partial charge in [-0.25, -0.2) is 4.58 Å². The largest absolute Gasteiger partial charge is 0.326 e. The highest BCUT2D eigenvalue weighted by molar-refractivity contribution is 6.83. The number of aliphatic imine (C=N–C) groups is 1. The van der Waals surface area contributed by atoms with Crippen molar-refractivity contribution in [3.63, 3.8) is 0 Å². The van der Waals surface area contributed by atoms with Crippen molar-refractivity contribution < 1.29 is 4.58 Å². The van der Waals surface area contributed by atoms with Crippen molar-refractivity contribution in [2.45, 2.75) is 38.3 Å². The first-order chi connectivity index (χ1) is 7.27. The Morgan fingerprint density at radius 2 is 2.40 bits per heavy atom. The van der Waals surface area contributed by atoms with E-state index in [0.29, 0.717) is 17.3 Å². The Bertz CT molecular complexity index is 389. The lowest BCUT2D eigenvalue weighted by molar-refractivity contribution is -0.536. The fourth-order valence-corrected chi connectivity index (χ4v) is 2.79. The molecular weight excluding hydrogens is 210 g/mol. The third-order valence-corrected chi connectivity index (χ3v) is 3.86. The van der Waals surface area contributed by atoms with Crippen molar-refractivity contribution in [3.8, 4) is 0 Å². The first kappa shape index (κ1) is 9.55. The molecule has 3 nitrogen and oxygen atoms in total. The Morgan fingerprint density at radius 3 is 3.07 bits per heavy atom. The fourth-order valence-electron chi connectivity index (χ4n) is 2.61. The van der Waals surface area contributed by atoms with Crippen LogP contribution >= 0.6 is 11.6 Å². The molecule has 1 fully saturated rings. The van der Waals surface area contributed by atoms with E-state index in [-0.39, 0.29) is 0 Å². The molecule has 0 spiro atoms. The molecule has 0 aromatic carbocycles. The van der Waals surface area contributed by atoms with Crippen LogP contribution in [0.25, 0.3) is 0 Å². The molecule has 1 N–H and O–H groups in total. The predicted octanol–water partition coefficient (Wildman–Crippen LogP) is 1.48. The van der Waals surface area contributed by atoms with E-state index < -0.39 is 0 Å². The van der Waals surface area contributed by atoms with Crippen LogP contribution in [0.4, 0.5) is 0 Å². The monoisotopic (exact) mass is 224 g/mol. The zero-order valence-corrected chi connectivity index (χ0v) is 9.59. The summed E-state index contributed by atoms with van der Waals surface area (Å²) in [6.07, 6.45) is 6.12. The van der Waals surface area contributed by atoms with Crippen molar-refractivity contribution in [1.29, 1.82) is 0 Å². The number of hydrogen-bond donors (Lipinski definition) is 1. The van der Waals surface area contributed by atoms with Crippen LogP contribution in [0.2, 0.25) is 0 Å². The first-order valence-electron chi connectivity index (χ1n) is 5.60. The van der Waals surface area contributed by atoms with Crippen molar-refractivity contribution in [2.75, 3.05) is 6.54 Å². The fraction of sp³-hybridized carbons (Fsp3) is 0.636. The maximum Gasteiger partial charge on any atom is 0.326 e. The van der Waals surface area contributed by atoms with E-state index in [4.69, 9.17) is 11.6 Å². The second-order valence-corrected chi connectivity index (χ2v) is 4.79. The summed E-state index contributed by atoms with van der Waals surface area (Å²) in [4.78, 5) is 4.29. The van der Waals surface area contributed by atoms with Crippen molar-refractivity contribution in [2.24, 2.45) is 4.99 Å². The molecule has 15 heavy (non-hydrogen) atoms. The van der Waals surface area contributed by atoms with Crippen molar-refractivity contribution in [1.82, 2.24) is 5.32 Å². The molecule has 80 valence electrons. The number of fused-ring (bicyclic) bond motifs is 1. The molecular formula is C11H15ClN3+. The van der Waals surface area contributed by atoms with Crippen molar-refractivity contribution in [3.05, 3.63) is 11.9 Å². The van der Waals surface area contributed by atoms with Gasteiger partial charge in [0.2, 0.25) is 0 Å². The van der Waals surface area contributed by atoms with Crippen LogP contribution in [-0.4, -0.2) is 34.1 Å². The number of piperidine rings is 1. The second-order valence-electron chi connectivity index (χ2n) is 4.43. The molecule has 1 saturated heterocycles.